The summed E-state index contributed by atoms with van der Waals surface area (Å²) in [5, 5.41) is 16.4. The van der Waals surface area contributed by atoms with E-state index in [4.69, 9.17) is 11.2 Å². The number of hydrogen-bond donors (Lipinski definition) is 3. The zero-order chi connectivity index (χ0) is 26.9. The van der Waals surface area contributed by atoms with E-state index >= 15 is 0 Å². The zero-order valence-electron chi connectivity index (χ0n) is 21.3. The minimum Gasteiger partial charge on any atom is -0.483 e. The molecule has 4 atom stereocenters. The molecule has 37 heavy (non-hydrogen) atoms. The van der Waals surface area contributed by atoms with Crippen LogP contribution in [0.1, 0.15) is 23.6 Å². The highest BCUT2D eigenvalue weighted by Gasteiger charge is 2.43. The van der Waals surface area contributed by atoms with Gasteiger partial charge < -0.3 is 25.4 Å². The van der Waals surface area contributed by atoms with Gasteiger partial charge in [0.25, 0.3) is 11.8 Å². The molecule has 1 unspecified atom stereocenters. The Kier molecular flexibility index (Phi) is 10.0. The van der Waals surface area contributed by atoms with Crippen molar-refractivity contribution in [1.29, 1.82) is 0 Å². The highest BCUT2D eigenvalue weighted by atomic mass is 32.2. The maximum Gasteiger partial charge on any atom is 0.258 e. The number of rotatable bonds is 10. The molecule has 3 N–H and O–H groups in total. The van der Waals surface area contributed by atoms with E-state index in [1.54, 1.807) is 0 Å². The normalized spacial score (nSPS) is 18.4. The summed E-state index contributed by atoms with van der Waals surface area (Å²) in [6.45, 7) is 5.41. The summed E-state index contributed by atoms with van der Waals surface area (Å²) in [5.41, 5.74) is 2.64. The summed E-state index contributed by atoms with van der Waals surface area (Å²) >= 11 is 1.43. The standard InChI is InChI=1S/C28H33N3O5S/c1-5-14-29-27(34)24-20(4)37-17-31(24)28(35)25(33)22(15-21-12-7-6-8-13-21)30-23(32)16-36-26-18(2)10-9-11-19(26)3/h1,6-13,20,22,24-25,33H,14-17H2,2-4H3,(H,29,34)(H,30,32)/t20?,22-,24-,25-/m0/s1. The Hall–Kier alpha value is -3.48. The number of aliphatic hydroxyl groups excluding tert-OH is 1. The molecule has 196 valence electrons. The molecule has 2 aromatic rings. The molecule has 9 heteroatoms. The fourth-order valence-corrected chi connectivity index (χ4v) is 5.42. The second kappa shape index (κ2) is 13.2. The number of amides is 3. The Morgan fingerprint density at radius 3 is 2.49 bits per heavy atom. The molecule has 3 amide bonds. The van der Waals surface area contributed by atoms with Gasteiger partial charge in [0.2, 0.25) is 5.91 Å². The van der Waals surface area contributed by atoms with Gasteiger partial charge in [-0.25, -0.2) is 0 Å². The van der Waals surface area contributed by atoms with Gasteiger partial charge in [0.05, 0.1) is 18.5 Å². The predicted octanol–water partition coefficient (Wildman–Crippen LogP) is 1.81. The number of hydrogen-bond acceptors (Lipinski definition) is 6. The summed E-state index contributed by atoms with van der Waals surface area (Å²) < 4.78 is 5.76. The second-order valence-electron chi connectivity index (χ2n) is 8.99. The van der Waals surface area contributed by atoms with Gasteiger partial charge in [-0.1, -0.05) is 61.4 Å². The van der Waals surface area contributed by atoms with Gasteiger partial charge in [-0.3, -0.25) is 14.4 Å². The number of aliphatic hydroxyl groups is 1. The van der Waals surface area contributed by atoms with Gasteiger partial charge in [0.1, 0.15) is 11.8 Å². The van der Waals surface area contributed by atoms with E-state index in [2.05, 4.69) is 16.6 Å². The third-order valence-electron chi connectivity index (χ3n) is 6.21. The van der Waals surface area contributed by atoms with Gasteiger partial charge in [-0.15, -0.1) is 18.2 Å². The topological polar surface area (TPSA) is 108 Å². The predicted molar refractivity (Wildman–Crippen MR) is 144 cm³/mol. The van der Waals surface area contributed by atoms with Gasteiger partial charge >= 0.3 is 0 Å². The second-order valence-corrected chi connectivity index (χ2v) is 10.3. The van der Waals surface area contributed by atoms with Crippen molar-refractivity contribution in [2.75, 3.05) is 19.0 Å². The largest absolute Gasteiger partial charge is 0.483 e. The molecule has 8 nitrogen and oxygen atoms in total. The number of aryl methyl sites for hydroxylation is 2. The highest BCUT2D eigenvalue weighted by Crippen LogP contribution is 2.30. The number of nitrogens with one attached hydrogen (secondary N) is 2. The molecule has 0 radical (unpaired) electrons. The number of carbonyl (C=O) groups is 3. The Labute approximate surface area is 222 Å². The number of nitrogens with zero attached hydrogens (tertiary/aromatic N) is 1. The van der Waals surface area contributed by atoms with Gasteiger partial charge in [0.15, 0.2) is 12.7 Å². The Balaban J connectivity index is 1.75. The summed E-state index contributed by atoms with van der Waals surface area (Å²) in [6.07, 6.45) is 3.89. The van der Waals surface area contributed by atoms with Crippen LogP contribution in [0.25, 0.3) is 0 Å². The molecule has 1 heterocycles. The average Bonchev–Trinajstić information content (AvgIpc) is 3.27. The summed E-state index contributed by atoms with van der Waals surface area (Å²) in [6, 6.07) is 13.2. The Morgan fingerprint density at radius 1 is 1.16 bits per heavy atom. The first-order valence-corrected chi connectivity index (χ1v) is 13.1. The van der Waals surface area contributed by atoms with E-state index in [0.717, 1.165) is 16.7 Å². The molecule has 3 rings (SSSR count). The smallest absolute Gasteiger partial charge is 0.258 e. The highest BCUT2D eigenvalue weighted by molar-refractivity contribution is 8.00. The molecular weight excluding hydrogens is 490 g/mol. The number of para-hydroxylation sites is 1. The average molecular weight is 524 g/mol. The van der Waals surface area contributed by atoms with Crippen LogP contribution in [-0.2, 0) is 20.8 Å². The summed E-state index contributed by atoms with van der Waals surface area (Å²) in [7, 11) is 0. The molecule has 0 aliphatic carbocycles. The maximum atomic E-state index is 13.4. The van der Waals surface area contributed by atoms with Gasteiger partial charge in [-0.05, 0) is 37.0 Å². The molecule has 0 saturated carbocycles. The third-order valence-corrected chi connectivity index (χ3v) is 7.42. The number of terminal acetylenes is 1. The lowest BCUT2D eigenvalue weighted by molar-refractivity contribution is -0.147. The van der Waals surface area contributed by atoms with Crippen molar-refractivity contribution < 1.29 is 24.2 Å². The molecule has 1 aliphatic rings. The number of carbonyl (C=O) groups excluding carboxylic acids is 3. The number of ether oxygens (including phenoxy) is 1. The van der Waals surface area contributed by atoms with Crippen LogP contribution in [0, 0.1) is 26.2 Å². The van der Waals surface area contributed by atoms with Crippen molar-refractivity contribution in [2.24, 2.45) is 0 Å². The molecule has 1 fully saturated rings. The van der Waals surface area contributed by atoms with Crippen molar-refractivity contribution in [1.82, 2.24) is 15.5 Å². The van der Waals surface area contributed by atoms with Crippen LogP contribution in [0.2, 0.25) is 0 Å². The molecule has 0 bridgehead atoms. The van der Waals surface area contributed by atoms with Crippen LogP contribution < -0.4 is 15.4 Å². The lowest BCUT2D eigenvalue weighted by Crippen LogP contribution is -2.57. The van der Waals surface area contributed by atoms with E-state index in [9.17, 15) is 19.5 Å². The van der Waals surface area contributed by atoms with E-state index in [0.29, 0.717) is 5.75 Å². The van der Waals surface area contributed by atoms with Gasteiger partial charge in [-0.2, -0.15) is 0 Å². The Morgan fingerprint density at radius 2 is 1.84 bits per heavy atom. The molecule has 0 spiro atoms. The van der Waals surface area contributed by atoms with E-state index in [-0.39, 0.29) is 36.6 Å². The lowest BCUT2D eigenvalue weighted by atomic mass is 9.99. The first-order chi connectivity index (χ1) is 17.7. The number of benzene rings is 2. The molecule has 2 aromatic carbocycles. The van der Waals surface area contributed by atoms with Crippen LogP contribution >= 0.6 is 11.8 Å². The SMILES string of the molecule is C#CCNC(=O)[C@@H]1C(C)SCN1C(=O)[C@@H](O)[C@H](Cc1ccccc1)NC(=O)COc1c(C)cccc1C. The van der Waals surface area contributed by atoms with Crippen LogP contribution in [0.4, 0.5) is 0 Å². The Bertz CT molecular complexity index is 1130. The van der Waals surface area contributed by atoms with E-state index < -0.39 is 30.0 Å². The van der Waals surface area contributed by atoms with E-state index in [1.807, 2.05) is 69.3 Å². The van der Waals surface area contributed by atoms with Crippen molar-refractivity contribution in [3.8, 4) is 18.1 Å². The molecular formula is C28H33N3O5S. The quantitative estimate of drug-likeness (QED) is 0.410. The van der Waals surface area contributed by atoms with Crippen molar-refractivity contribution in [3.63, 3.8) is 0 Å². The van der Waals surface area contributed by atoms with Crippen LogP contribution in [0.5, 0.6) is 5.75 Å². The van der Waals surface area contributed by atoms with Crippen molar-refractivity contribution in [3.05, 3.63) is 65.2 Å². The fourth-order valence-electron chi connectivity index (χ4n) is 4.29. The first-order valence-electron chi connectivity index (χ1n) is 12.1. The first kappa shape index (κ1) is 28.1. The molecule has 1 aliphatic heterocycles. The van der Waals surface area contributed by atoms with Crippen LogP contribution in [0.15, 0.2) is 48.5 Å². The van der Waals surface area contributed by atoms with Crippen molar-refractivity contribution >= 4 is 29.5 Å². The van der Waals surface area contributed by atoms with Crippen LogP contribution in [0.3, 0.4) is 0 Å². The molecule has 0 aromatic heterocycles. The van der Waals surface area contributed by atoms with E-state index in [1.165, 1.54) is 16.7 Å². The number of thioether (sulfide) groups is 1. The third kappa shape index (κ3) is 7.28. The summed E-state index contributed by atoms with van der Waals surface area (Å²) in [4.78, 5) is 40.3. The summed E-state index contributed by atoms with van der Waals surface area (Å²) in [5.74, 6) is 1.74. The van der Waals surface area contributed by atoms with Crippen molar-refractivity contribution in [2.45, 2.75) is 50.6 Å². The minimum absolute atomic E-state index is 0.0460. The van der Waals surface area contributed by atoms with Crippen LogP contribution in [-0.4, -0.2) is 70.2 Å². The maximum absolute atomic E-state index is 13.4. The fraction of sp³-hybridized carbons (Fsp3) is 0.393. The lowest BCUT2D eigenvalue weighted by Gasteiger charge is -2.30. The van der Waals surface area contributed by atoms with Gasteiger partial charge in [0, 0.05) is 5.25 Å². The zero-order valence-corrected chi connectivity index (χ0v) is 22.1. The monoisotopic (exact) mass is 523 g/mol. The minimum atomic E-state index is -1.57. The molecule has 1 saturated heterocycles.